The molecule has 2 amide bonds. The monoisotopic (exact) mass is 340 g/mol. The van der Waals surface area contributed by atoms with Crippen LogP contribution in [0.15, 0.2) is 42.6 Å². The Balaban J connectivity index is 1.68. The average Bonchev–Trinajstić information content (AvgIpc) is 3.25. The molecule has 1 unspecified atom stereocenters. The molecule has 25 heavy (non-hydrogen) atoms. The number of hydrogen-bond acceptors (Lipinski definition) is 3. The summed E-state index contributed by atoms with van der Waals surface area (Å²) in [5.41, 5.74) is 0.914. The Morgan fingerprint density at radius 2 is 1.92 bits per heavy atom. The summed E-state index contributed by atoms with van der Waals surface area (Å²) in [6.07, 6.45) is 6.51. The van der Waals surface area contributed by atoms with Gasteiger partial charge in [-0.05, 0) is 18.4 Å². The Hall–Kier alpha value is -2.63. The number of nitrogens with one attached hydrogen (secondary N) is 2. The molecule has 1 saturated carbocycles. The van der Waals surface area contributed by atoms with Gasteiger partial charge in [0.1, 0.15) is 5.82 Å². The van der Waals surface area contributed by atoms with Gasteiger partial charge in [0.25, 0.3) is 0 Å². The largest absolute Gasteiger partial charge is 0.349 e. The minimum Gasteiger partial charge on any atom is -0.349 e. The highest BCUT2D eigenvalue weighted by molar-refractivity contribution is 5.90. The van der Waals surface area contributed by atoms with E-state index in [0.717, 1.165) is 24.2 Å². The summed E-state index contributed by atoms with van der Waals surface area (Å²) < 4.78 is 1.92. The van der Waals surface area contributed by atoms with Crippen LogP contribution in [0.1, 0.15) is 56.7 Å². The molecule has 6 nitrogen and oxygen atoms in total. The van der Waals surface area contributed by atoms with Gasteiger partial charge in [-0.2, -0.15) is 5.10 Å². The highest BCUT2D eigenvalue weighted by Gasteiger charge is 2.22. The van der Waals surface area contributed by atoms with Crippen molar-refractivity contribution in [1.82, 2.24) is 15.1 Å². The van der Waals surface area contributed by atoms with Crippen molar-refractivity contribution in [2.45, 2.75) is 51.1 Å². The molecule has 1 aromatic heterocycles. The molecule has 0 spiro atoms. The Bertz CT molecular complexity index is 720. The van der Waals surface area contributed by atoms with Crippen molar-refractivity contribution in [3.63, 3.8) is 0 Å². The second-order valence-corrected chi connectivity index (χ2v) is 6.52. The minimum absolute atomic E-state index is 0.137. The maximum atomic E-state index is 12.5. The molecule has 0 saturated heterocycles. The molecule has 1 aliphatic rings. The van der Waals surface area contributed by atoms with Crippen molar-refractivity contribution in [1.29, 1.82) is 0 Å². The van der Waals surface area contributed by atoms with Crippen LogP contribution in [-0.2, 0) is 9.59 Å². The standard InChI is InChI=1S/C19H24N4O2/c1-14(24)21-17(15-7-3-2-4-8-15)13-19(25)22-18-11-12-20-23(18)16-9-5-6-10-16/h2-4,7-8,11-12,16-17H,5-6,9-10,13H2,1H3,(H,21,24)(H,22,25). The van der Waals surface area contributed by atoms with Crippen molar-refractivity contribution in [2.24, 2.45) is 0 Å². The predicted octanol–water partition coefficient (Wildman–Crippen LogP) is 3.20. The third kappa shape index (κ3) is 4.47. The normalized spacial score (nSPS) is 15.7. The molecule has 0 aliphatic heterocycles. The van der Waals surface area contributed by atoms with E-state index in [2.05, 4.69) is 15.7 Å². The van der Waals surface area contributed by atoms with Crippen LogP contribution in [0.25, 0.3) is 0 Å². The van der Waals surface area contributed by atoms with Gasteiger partial charge in [-0.15, -0.1) is 0 Å². The topological polar surface area (TPSA) is 76.0 Å². The number of nitrogens with zero attached hydrogens (tertiary/aromatic N) is 2. The van der Waals surface area contributed by atoms with Crippen LogP contribution in [0, 0.1) is 0 Å². The minimum atomic E-state index is -0.346. The first-order valence-electron chi connectivity index (χ1n) is 8.79. The number of hydrogen-bond donors (Lipinski definition) is 2. The van der Waals surface area contributed by atoms with Gasteiger partial charge < -0.3 is 10.6 Å². The van der Waals surface area contributed by atoms with Crippen LogP contribution in [-0.4, -0.2) is 21.6 Å². The van der Waals surface area contributed by atoms with Gasteiger partial charge in [0.15, 0.2) is 0 Å². The lowest BCUT2D eigenvalue weighted by atomic mass is 10.0. The van der Waals surface area contributed by atoms with Crippen molar-refractivity contribution in [2.75, 3.05) is 5.32 Å². The number of aromatic nitrogens is 2. The molecule has 1 atom stereocenters. The second-order valence-electron chi connectivity index (χ2n) is 6.52. The number of carbonyl (C=O) groups excluding carboxylic acids is 2. The first kappa shape index (κ1) is 17.2. The van der Waals surface area contributed by atoms with Gasteiger partial charge in [-0.25, -0.2) is 4.68 Å². The summed E-state index contributed by atoms with van der Waals surface area (Å²) in [5, 5.41) is 10.2. The van der Waals surface area contributed by atoms with E-state index in [1.54, 1.807) is 6.20 Å². The molecule has 132 valence electrons. The van der Waals surface area contributed by atoms with Crippen molar-refractivity contribution >= 4 is 17.6 Å². The predicted molar refractivity (Wildman–Crippen MR) is 96.0 cm³/mol. The zero-order valence-corrected chi connectivity index (χ0v) is 14.4. The third-order valence-corrected chi connectivity index (χ3v) is 4.58. The number of amides is 2. The smallest absolute Gasteiger partial charge is 0.227 e. The van der Waals surface area contributed by atoms with E-state index >= 15 is 0 Å². The second kappa shape index (κ2) is 7.96. The Kier molecular flexibility index (Phi) is 5.48. The number of carbonyl (C=O) groups is 2. The molecule has 3 rings (SSSR count). The molecule has 6 heteroatoms. The first-order chi connectivity index (χ1) is 12.1. The lowest BCUT2D eigenvalue weighted by Gasteiger charge is -2.19. The average molecular weight is 340 g/mol. The van der Waals surface area contributed by atoms with E-state index in [1.165, 1.54) is 19.8 Å². The number of anilines is 1. The van der Waals surface area contributed by atoms with E-state index in [9.17, 15) is 9.59 Å². The van der Waals surface area contributed by atoms with Gasteiger partial charge in [0.05, 0.1) is 24.7 Å². The van der Waals surface area contributed by atoms with E-state index in [0.29, 0.717) is 6.04 Å². The Morgan fingerprint density at radius 1 is 1.20 bits per heavy atom. The summed E-state index contributed by atoms with van der Waals surface area (Å²) in [6.45, 7) is 1.46. The van der Waals surface area contributed by atoms with E-state index in [4.69, 9.17) is 0 Å². The van der Waals surface area contributed by atoms with Crippen LogP contribution in [0.2, 0.25) is 0 Å². The molecular formula is C19H24N4O2. The molecule has 1 aliphatic carbocycles. The maximum Gasteiger partial charge on any atom is 0.227 e. The van der Waals surface area contributed by atoms with Crippen LogP contribution >= 0.6 is 0 Å². The van der Waals surface area contributed by atoms with E-state index in [-0.39, 0.29) is 24.3 Å². The highest BCUT2D eigenvalue weighted by atomic mass is 16.2. The van der Waals surface area contributed by atoms with Gasteiger partial charge in [-0.1, -0.05) is 43.2 Å². The van der Waals surface area contributed by atoms with Gasteiger partial charge in [0, 0.05) is 13.0 Å². The fraction of sp³-hybridized carbons (Fsp3) is 0.421. The van der Waals surface area contributed by atoms with Crippen molar-refractivity contribution < 1.29 is 9.59 Å². The molecule has 0 bridgehead atoms. The zero-order valence-electron chi connectivity index (χ0n) is 14.4. The van der Waals surface area contributed by atoms with E-state index in [1.807, 2.05) is 41.1 Å². The fourth-order valence-electron chi connectivity index (χ4n) is 3.42. The fourth-order valence-corrected chi connectivity index (χ4v) is 3.42. The molecule has 1 aromatic carbocycles. The molecule has 0 radical (unpaired) electrons. The SMILES string of the molecule is CC(=O)NC(CC(=O)Nc1ccnn1C1CCCC1)c1ccccc1. The summed E-state index contributed by atoms with van der Waals surface area (Å²) in [5.74, 6) is 0.437. The lowest BCUT2D eigenvalue weighted by molar-refractivity contribution is -0.120. The van der Waals surface area contributed by atoms with Crippen LogP contribution in [0.3, 0.4) is 0 Å². The molecule has 2 N–H and O–H groups in total. The zero-order chi connectivity index (χ0) is 17.6. The first-order valence-corrected chi connectivity index (χ1v) is 8.79. The van der Waals surface area contributed by atoms with Crippen molar-refractivity contribution in [3.05, 3.63) is 48.2 Å². The summed E-state index contributed by atoms with van der Waals surface area (Å²) in [7, 11) is 0. The maximum absolute atomic E-state index is 12.5. The number of benzene rings is 1. The summed E-state index contributed by atoms with van der Waals surface area (Å²) in [6, 6.07) is 11.4. The quantitative estimate of drug-likeness (QED) is 0.848. The van der Waals surface area contributed by atoms with Gasteiger partial charge in [-0.3, -0.25) is 9.59 Å². The van der Waals surface area contributed by atoms with Gasteiger partial charge in [0.2, 0.25) is 11.8 Å². The molecule has 1 fully saturated rings. The molecule has 1 heterocycles. The summed E-state index contributed by atoms with van der Waals surface area (Å²) >= 11 is 0. The Labute approximate surface area is 147 Å². The van der Waals surface area contributed by atoms with Crippen molar-refractivity contribution in [3.8, 4) is 0 Å². The molecular weight excluding hydrogens is 316 g/mol. The summed E-state index contributed by atoms with van der Waals surface area (Å²) in [4.78, 5) is 24.0. The van der Waals surface area contributed by atoms with Crippen LogP contribution in [0.5, 0.6) is 0 Å². The van der Waals surface area contributed by atoms with Crippen LogP contribution < -0.4 is 10.6 Å². The van der Waals surface area contributed by atoms with E-state index < -0.39 is 0 Å². The lowest BCUT2D eigenvalue weighted by Crippen LogP contribution is -2.30. The third-order valence-electron chi connectivity index (χ3n) is 4.58. The number of rotatable bonds is 6. The highest BCUT2D eigenvalue weighted by Crippen LogP contribution is 2.31. The Morgan fingerprint density at radius 3 is 2.60 bits per heavy atom. The van der Waals surface area contributed by atoms with Crippen LogP contribution in [0.4, 0.5) is 5.82 Å². The molecule has 2 aromatic rings. The van der Waals surface area contributed by atoms with Gasteiger partial charge >= 0.3 is 0 Å².